The van der Waals surface area contributed by atoms with Crippen LogP contribution in [0.2, 0.25) is 0 Å². The van der Waals surface area contributed by atoms with E-state index in [0.29, 0.717) is 18.7 Å². The highest BCUT2D eigenvalue weighted by atomic mass is 16.6. The third-order valence-corrected chi connectivity index (χ3v) is 3.01. The maximum atomic E-state index is 11.8. The van der Waals surface area contributed by atoms with Gasteiger partial charge in [0.2, 0.25) is 5.91 Å². The van der Waals surface area contributed by atoms with Gasteiger partial charge in [-0.05, 0) is 24.5 Å². The molecule has 0 aliphatic carbocycles. The smallest absolute Gasteiger partial charge is 0.269 e. The van der Waals surface area contributed by atoms with Crippen LogP contribution in [0.25, 0.3) is 0 Å². The van der Waals surface area contributed by atoms with Crippen molar-refractivity contribution in [3.8, 4) is 0 Å². The molecule has 0 fully saturated rings. The van der Waals surface area contributed by atoms with Crippen molar-refractivity contribution in [2.75, 3.05) is 11.4 Å². The van der Waals surface area contributed by atoms with E-state index in [4.69, 9.17) is 0 Å². The maximum absolute atomic E-state index is 11.8. The zero-order chi connectivity index (χ0) is 14.0. The molecule has 1 amide bonds. The van der Waals surface area contributed by atoms with E-state index < -0.39 is 10.9 Å². The first-order chi connectivity index (χ1) is 8.99. The summed E-state index contributed by atoms with van der Waals surface area (Å²) in [6.07, 6.45) is 0.0878. The molecule has 0 saturated heterocycles. The monoisotopic (exact) mass is 263 g/mol. The number of hydrogen-bond donors (Lipinski definition) is 0. The van der Waals surface area contributed by atoms with Crippen molar-refractivity contribution in [3.63, 3.8) is 0 Å². The van der Waals surface area contributed by atoms with E-state index in [9.17, 15) is 24.8 Å². The van der Waals surface area contributed by atoms with Crippen LogP contribution in [0.1, 0.15) is 18.4 Å². The molecule has 19 heavy (non-hydrogen) atoms. The molecule has 0 atom stereocenters. The number of carboxylic acids is 1. The van der Waals surface area contributed by atoms with Crippen molar-refractivity contribution in [1.29, 1.82) is 0 Å². The molecule has 0 radical (unpaired) electrons. The minimum atomic E-state index is -1.27. The standard InChI is InChI=1S/C12H12N2O5/c15-11(3-4-12(16)17)13-6-5-8-7-9(14(18)19)1-2-10(8)13/h1-2,7H,3-6H2,(H,16,17)/p-1. The maximum Gasteiger partial charge on any atom is 0.269 e. The van der Waals surface area contributed by atoms with Crippen LogP contribution in [0, 0.1) is 10.1 Å². The fraction of sp³-hybridized carbons (Fsp3) is 0.333. The van der Waals surface area contributed by atoms with Crippen molar-refractivity contribution in [3.05, 3.63) is 33.9 Å². The lowest BCUT2D eigenvalue weighted by Crippen LogP contribution is -2.31. The van der Waals surface area contributed by atoms with Crippen molar-refractivity contribution >= 4 is 23.3 Å². The molecule has 0 N–H and O–H groups in total. The topological polar surface area (TPSA) is 104 Å². The molecule has 100 valence electrons. The first kappa shape index (κ1) is 13.0. The van der Waals surface area contributed by atoms with Gasteiger partial charge in [-0.25, -0.2) is 0 Å². The average Bonchev–Trinajstić information content (AvgIpc) is 2.78. The number of nitrogens with zero attached hydrogens (tertiary/aromatic N) is 2. The van der Waals surface area contributed by atoms with Gasteiger partial charge in [0.25, 0.3) is 5.69 Å². The summed E-state index contributed by atoms with van der Waals surface area (Å²) in [4.78, 5) is 33.8. The Labute approximate surface area is 108 Å². The SMILES string of the molecule is O=C([O-])CCC(=O)N1CCc2cc([N+](=O)[O-])ccc21. The summed E-state index contributed by atoms with van der Waals surface area (Å²) >= 11 is 0. The number of benzene rings is 1. The lowest BCUT2D eigenvalue weighted by molar-refractivity contribution is -0.384. The molecule has 1 aromatic rings. The number of carboxylic acid groups (broad SMARTS) is 1. The van der Waals surface area contributed by atoms with Gasteiger partial charge in [0, 0.05) is 36.8 Å². The van der Waals surface area contributed by atoms with Crippen LogP contribution in [0.5, 0.6) is 0 Å². The lowest BCUT2D eigenvalue weighted by atomic mass is 10.1. The second kappa shape index (κ2) is 5.05. The van der Waals surface area contributed by atoms with Crippen LogP contribution in [0.15, 0.2) is 18.2 Å². The largest absolute Gasteiger partial charge is 0.550 e. The average molecular weight is 263 g/mol. The van der Waals surface area contributed by atoms with Crippen molar-refractivity contribution in [1.82, 2.24) is 0 Å². The molecule has 0 aromatic heterocycles. The number of carbonyl (C=O) groups excluding carboxylic acids is 2. The Morgan fingerprint density at radius 3 is 2.68 bits per heavy atom. The van der Waals surface area contributed by atoms with Gasteiger partial charge >= 0.3 is 0 Å². The van der Waals surface area contributed by atoms with Crippen LogP contribution >= 0.6 is 0 Å². The predicted octanol–water partition coefficient (Wildman–Crippen LogP) is 0.0140. The molecular weight excluding hydrogens is 252 g/mol. The summed E-state index contributed by atoms with van der Waals surface area (Å²) in [6.45, 7) is 0.419. The Bertz CT molecular complexity index is 555. The third-order valence-electron chi connectivity index (χ3n) is 3.01. The molecule has 0 unspecified atom stereocenters. The highest BCUT2D eigenvalue weighted by Crippen LogP contribution is 2.31. The summed E-state index contributed by atoms with van der Waals surface area (Å²) in [5, 5.41) is 21.0. The van der Waals surface area contributed by atoms with Gasteiger partial charge in [-0.15, -0.1) is 0 Å². The fourth-order valence-corrected chi connectivity index (χ4v) is 2.10. The summed E-state index contributed by atoms with van der Waals surface area (Å²) in [6, 6.07) is 4.31. The number of carbonyl (C=O) groups is 2. The summed E-state index contributed by atoms with van der Waals surface area (Å²) in [5.74, 6) is -1.58. The quantitative estimate of drug-likeness (QED) is 0.562. The summed E-state index contributed by atoms with van der Waals surface area (Å²) in [7, 11) is 0. The number of fused-ring (bicyclic) bond motifs is 1. The number of non-ortho nitro benzene ring substituents is 1. The first-order valence-electron chi connectivity index (χ1n) is 5.76. The lowest BCUT2D eigenvalue weighted by Gasteiger charge is -2.17. The molecule has 1 heterocycles. The van der Waals surface area contributed by atoms with Gasteiger partial charge in [0.15, 0.2) is 0 Å². The minimum Gasteiger partial charge on any atom is -0.550 e. The zero-order valence-electron chi connectivity index (χ0n) is 10.00. The van der Waals surface area contributed by atoms with Crippen LogP contribution in [-0.2, 0) is 16.0 Å². The van der Waals surface area contributed by atoms with Crippen molar-refractivity contribution in [2.45, 2.75) is 19.3 Å². The molecule has 1 aliphatic rings. The molecule has 7 nitrogen and oxygen atoms in total. The van der Waals surface area contributed by atoms with Crippen LogP contribution in [0.4, 0.5) is 11.4 Å². The molecule has 0 spiro atoms. The Morgan fingerprint density at radius 2 is 2.05 bits per heavy atom. The van der Waals surface area contributed by atoms with Crippen LogP contribution < -0.4 is 10.0 Å². The van der Waals surface area contributed by atoms with Crippen LogP contribution in [-0.4, -0.2) is 23.3 Å². The van der Waals surface area contributed by atoms with Crippen LogP contribution in [0.3, 0.4) is 0 Å². The number of nitro benzene ring substituents is 1. The second-order valence-electron chi connectivity index (χ2n) is 4.24. The third kappa shape index (κ3) is 2.70. The Hall–Kier alpha value is -2.44. The molecule has 0 bridgehead atoms. The number of amides is 1. The van der Waals surface area contributed by atoms with E-state index in [2.05, 4.69) is 0 Å². The van der Waals surface area contributed by atoms with Gasteiger partial charge in [-0.3, -0.25) is 14.9 Å². The molecule has 1 aromatic carbocycles. The Balaban J connectivity index is 2.16. The van der Waals surface area contributed by atoms with E-state index in [1.165, 1.54) is 23.1 Å². The molecule has 1 aliphatic heterocycles. The molecule has 7 heteroatoms. The number of rotatable bonds is 4. The Morgan fingerprint density at radius 1 is 1.32 bits per heavy atom. The van der Waals surface area contributed by atoms with Crippen molar-refractivity contribution < 1.29 is 19.6 Å². The number of nitro groups is 1. The zero-order valence-corrected chi connectivity index (χ0v) is 10.00. The van der Waals surface area contributed by atoms with E-state index in [1.54, 1.807) is 0 Å². The van der Waals surface area contributed by atoms with E-state index in [1.807, 2.05) is 0 Å². The van der Waals surface area contributed by atoms with Gasteiger partial charge in [0.05, 0.1) is 4.92 Å². The second-order valence-corrected chi connectivity index (χ2v) is 4.24. The summed E-state index contributed by atoms with van der Waals surface area (Å²) in [5.41, 5.74) is 1.34. The number of aliphatic carboxylic acids is 1. The highest BCUT2D eigenvalue weighted by Gasteiger charge is 2.25. The van der Waals surface area contributed by atoms with E-state index >= 15 is 0 Å². The molecule has 2 rings (SSSR count). The normalized spacial score (nSPS) is 13.2. The van der Waals surface area contributed by atoms with Crippen molar-refractivity contribution in [2.24, 2.45) is 0 Å². The predicted molar refractivity (Wildman–Crippen MR) is 63.4 cm³/mol. The van der Waals surface area contributed by atoms with Gasteiger partial charge in [-0.2, -0.15) is 0 Å². The molecular formula is C12H11N2O5-. The number of hydrogen-bond acceptors (Lipinski definition) is 5. The Kier molecular flexibility index (Phi) is 3.46. The van der Waals surface area contributed by atoms with Gasteiger partial charge < -0.3 is 14.8 Å². The minimum absolute atomic E-state index is 0.0113. The molecule has 0 saturated carbocycles. The number of anilines is 1. The van der Waals surface area contributed by atoms with Gasteiger partial charge in [-0.1, -0.05) is 0 Å². The first-order valence-corrected chi connectivity index (χ1v) is 5.76. The van der Waals surface area contributed by atoms with E-state index in [-0.39, 0.29) is 24.4 Å². The van der Waals surface area contributed by atoms with E-state index in [0.717, 1.165) is 5.56 Å². The highest BCUT2D eigenvalue weighted by molar-refractivity contribution is 5.96. The van der Waals surface area contributed by atoms with Gasteiger partial charge in [0.1, 0.15) is 0 Å². The fourth-order valence-electron chi connectivity index (χ4n) is 2.10. The summed E-state index contributed by atoms with van der Waals surface area (Å²) < 4.78 is 0.